The summed E-state index contributed by atoms with van der Waals surface area (Å²) in [5.74, 6) is 1.48. The molecule has 122 valence electrons. The Labute approximate surface area is 134 Å². The Bertz CT molecular complexity index is 617. The number of hydrogen-bond acceptors (Lipinski definition) is 6. The van der Waals surface area contributed by atoms with E-state index in [2.05, 4.69) is 5.32 Å². The van der Waals surface area contributed by atoms with Gasteiger partial charge in [-0.05, 0) is 24.3 Å². The first-order valence-corrected chi connectivity index (χ1v) is 7.74. The molecule has 2 N–H and O–H groups in total. The standard InChI is InChI=1S/C17H19NO5/c19-15-14(18-9-12-7-4-8-20-12)13-10-21-17(23-13)16(15)22-11-5-2-1-3-6-11/h1-8,13-19H,9-10H2/t13-,14-,15+,16-,17-/m1/s1. The van der Waals surface area contributed by atoms with Gasteiger partial charge >= 0.3 is 0 Å². The van der Waals surface area contributed by atoms with Crippen LogP contribution >= 0.6 is 0 Å². The Balaban J connectivity index is 1.47. The fourth-order valence-corrected chi connectivity index (χ4v) is 3.05. The van der Waals surface area contributed by atoms with Crippen LogP contribution in [0.5, 0.6) is 5.75 Å². The minimum Gasteiger partial charge on any atom is -0.482 e. The van der Waals surface area contributed by atoms with Crippen LogP contribution < -0.4 is 10.1 Å². The minimum atomic E-state index is -0.739. The zero-order chi connectivity index (χ0) is 15.6. The molecule has 2 saturated heterocycles. The number of ether oxygens (including phenoxy) is 3. The van der Waals surface area contributed by atoms with Gasteiger partial charge < -0.3 is 29.1 Å². The second-order valence-corrected chi connectivity index (χ2v) is 5.75. The summed E-state index contributed by atoms with van der Waals surface area (Å²) in [6.07, 6.45) is -0.431. The van der Waals surface area contributed by atoms with Crippen LogP contribution in [0.1, 0.15) is 5.76 Å². The lowest BCUT2D eigenvalue weighted by Crippen LogP contribution is -2.61. The van der Waals surface area contributed by atoms with Gasteiger partial charge in [-0.1, -0.05) is 18.2 Å². The summed E-state index contributed by atoms with van der Waals surface area (Å²) in [5, 5.41) is 14.0. The van der Waals surface area contributed by atoms with Gasteiger partial charge in [-0.3, -0.25) is 0 Å². The van der Waals surface area contributed by atoms with Gasteiger partial charge in [0.15, 0.2) is 12.4 Å². The monoisotopic (exact) mass is 317 g/mol. The highest BCUT2D eigenvalue weighted by Crippen LogP contribution is 2.31. The fourth-order valence-electron chi connectivity index (χ4n) is 3.05. The molecule has 1 aromatic carbocycles. The Morgan fingerprint density at radius 2 is 2.04 bits per heavy atom. The highest BCUT2D eigenvalue weighted by Gasteiger charge is 2.51. The number of fused-ring (bicyclic) bond motifs is 2. The molecule has 2 aliphatic heterocycles. The predicted molar refractivity (Wildman–Crippen MR) is 80.8 cm³/mol. The van der Waals surface area contributed by atoms with Crippen LogP contribution in [-0.4, -0.2) is 42.4 Å². The molecular weight excluding hydrogens is 298 g/mol. The first kappa shape index (κ1) is 14.7. The Morgan fingerprint density at radius 3 is 2.83 bits per heavy atom. The van der Waals surface area contributed by atoms with Crippen molar-refractivity contribution in [3.63, 3.8) is 0 Å². The van der Waals surface area contributed by atoms with Crippen LogP contribution in [0.15, 0.2) is 53.1 Å². The second-order valence-electron chi connectivity index (χ2n) is 5.75. The van der Waals surface area contributed by atoms with E-state index in [0.29, 0.717) is 18.9 Å². The zero-order valence-electron chi connectivity index (χ0n) is 12.5. The van der Waals surface area contributed by atoms with Crippen molar-refractivity contribution in [2.45, 2.75) is 37.2 Å². The summed E-state index contributed by atoms with van der Waals surface area (Å²) in [5.41, 5.74) is 0. The molecule has 2 aliphatic rings. The Morgan fingerprint density at radius 1 is 1.17 bits per heavy atom. The number of para-hydroxylation sites is 1. The smallest absolute Gasteiger partial charge is 0.197 e. The van der Waals surface area contributed by atoms with E-state index in [9.17, 15) is 5.11 Å². The largest absolute Gasteiger partial charge is 0.482 e. The quantitative estimate of drug-likeness (QED) is 0.866. The van der Waals surface area contributed by atoms with Crippen molar-refractivity contribution in [1.29, 1.82) is 0 Å². The van der Waals surface area contributed by atoms with Gasteiger partial charge in [-0.15, -0.1) is 0 Å². The van der Waals surface area contributed by atoms with Crippen molar-refractivity contribution in [3.05, 3.63) is 54.5 Å². The SMILES string of the molecule is O[C@H]1[C@H](NCc2ccco2)[C@H]2CO[C@H](O2)[C@@H]1Oc1ccccc1. The molecule has 2 aromatic rings. The molecule has 6 nitrogen and oxygen atoms in total. The van der Waals surface area contributed by atoms with Crippen molar-refractivity contribution in [3.8, 4) is 5.75 Å². The van der Waals surface area contributed by atoms with Crippen molar-refractivity contribution in [1.82, 2.24) is 5.32 Å². The molecule has 0 spiro atoms. The number of aliphatic hydroxyl groups excluding tert-OH is 1. The van der Waals surface area contributed by atoms with E-state index in [-0.39, 0.29) is 12.1 Å². The number of benzene rings is 1. The van der Waals surface area contributed by atoms with Crippen molar-refractivity contribution in [2.24, 2.45) is 0 Å². The summed E-state index contributed by atoms with van der Waals surface area (Å²) >= 11 is 0. The molecule has 5 atom stereocenters. The van der Waals surface area contributed by atoms with Gasteiger partial charge in [-0.2, -0.15) is 0 Å². The first-order chi connectivity index (χ1) is 11.3. The summed E-state index contributed by atoms with van der Waals surface area (Å²) in [6, 6.07) is 12.8. The summed E-state index contributed by atoms with van der Waals surface area (Å²) < 4.78 is 22.7. The molecular formula is C17H19NO5. The van der Waals surface area contributed by atoms with Gasteiger partial charge in [-0.25, -0.2) is 0 Å². The lowest BCUT2D eigenvalue weighted by molar-refractivity contribution is -0.194. The number of rotatable bonds is 5. The van der Waals surface area contributed by atoms with E-state index in [0.717, 1.165) is 5.76 Å². The van der Waals surface area contributed by atoms with Gasteiger partial charge in [0.2, 0.25) is 0 Å². The number of furan rings is 1. The molecule has 6 heteroatoms. The zero-order valence-corrected chi connectivity index (χ0v) is 12.5. The van der Waals surface area contributed by atoms with E-state index in [1.165, 1.54) is 0 Å². The predicted octanol–water partition coefficient (Wildman–Crippen LogP) is 1.30. The number of aliphatic hydroxyl groups is 1. The van der Waals surface area contributed by atoms with Gasteiger partial charge in [0.05, 0.1) is 25.5 Å². The second kappa shape index (κ2) is 6.33. The average molecular weight is 317 g/mol. The van der Waals surface area contributed by atoms with Gasteiger partial charge in [0.25, 0.3) is 0 Å². The van der Waals surface area contributed by atoms with Crippen LogP contribution in [0.3, 0.4) is 0 Å². The summed E-state index contributed by atoms with van der Waals surface area (Å²) in [6.45, 7) is 0.948. The lowest BCUT2D eigenvalue weighted by Gasteiger charge is -2.38. The molecule has 0 saturated carbocycles. The van der Waals surface area contributed by atoms with Crippen LogP contribution in [0.2, 0.25) is 0 Å². The normalized spacial score (nSPS) is 32.8. The number of nitrogens with one attached hydrogen (secondary N) is 1. The third-order valence-corrected chi connectivity index (χ3v) is 4.21. The third kappa shape index (κ3) is 2.98. The van der Waals surface area contributed by atoms with Crippen molar-refractivity contribution >= 4 is 0 Å². The highest BCUT2D eigenvalue weighted by atomic mass is 16.7. The van der Waals surface area contributed by atoms with E-state index >= 15 is 0 Å². The molecule has 0 amide bonds. The molecule has 2 fully saturated rings. The average Bonchev–Trinajstić information content (AvgIpc) is 3.23. The molecule has 0 unspecified atom stereocenters. The van der Waals surface area contributed by atoms with Gasteiger partial charge in [0, 0.05) is 0 Å². The highest BCUT2D eigenvalue weighted by molar-refractivity contribution is 5.22. The lowest BCUT2D eigenvalue weighted by atomic mass is 9.97. The number of hydrogen-bond donors (Lipinski definition) is 2. The maximum atomic E-state index is 10.7. The molecule has 0 radical (unpaired) electrons. The molecule has 2 bridgehead atoms. The molecule has 3 heterocycles. The summed E-state index contributed by atoms with van der Waals surface area (Å²) in [4.78, 5) is 0. The van der Waals surface area contributed by atoms with Crippen molar-refractivity contribution < 1.29 is 23.7 Å². The summed E-state index contributed by atoms with van der Waals surface area (Å²) in [7, 11) is 0. The molecule has 23 heavy (non-hydrogen) atoms. The van der Waals surface area contributed by atoms with Crippen LogP contribution in [0.4, 0.5) is 0 Å². The van der Waals surface area contributed by atoms with Gasteiger partial charge in [0.1, 0.15) is 23.7 Å². The minimum absolute atomic E-state index is 0.194. The van der Waals surface area contributed by atoms with E-state index < -0.39 is 18.5 Å². The molecule has 4 rings (SSSR count). The topological polar surface area (TPSA) is 73.1 Å². The fraction of sp³-hybridized carbons (Fsp3) is 0.412. The Kier molecular flexibility index (Phi) is 4.05. The van der Waals surface area contributed by atoms with E-state index in [1.807, 2.05) is 42.5 Å². The Hall–Kier alpha value is -1.86. The first-order valence-electron chi connectivity index (χ1n) is 7.74. The van der Waals surface area contributed by atoms with E-state index in [4.69, 9.17) is 18.6 Å². The maximum Gasteiger partial charge on any atom is 0.197 e. The van der Waals surface area contributed by atoms with Crippen LogP contribution in [-0.2, 0) is 16.0 Å². The maximum absolute atomic E-state index is 10.7. The molecule has 0 aliphatic carbocycles. The van der Waals surface area contributed by atoms with Crippen LogP contribution in [0.25, 0.3) is 0 Å². The molecule has 1 aromatic heterocycles. The third-order valence-electron chi connectivity index (χ3n) is 4.21. The van der Waals surface area contributed by atoms with E-state index in [1.54, 1.807) is 6.26 Å². The van der Waals surface area contributed by atoms with Crippen LogP contribution in [0, 0.1) is 0 Å². The van der Waals surface area contributed by atoms with Crippen molar-refractivity contribution in [2.75, 3.05) is 6.61 Å².